The summed E-state index contributed by atoms with van der Waals surface area (Å²) in [5.74, 6) is 0. The molecule has 0 saturated carbocycles. The topological polar surface area (TPSA) is 0 Å². The predicted octanol–water partition coefficient (Wildman–Crippen LogP) is -1.04. The van der Waals surface area contributed by atoms with Gasteiger partial charge in [0.15, 0.2) is 0 Å². The smallest absolute Gasteiger partial charge is 1.00 e. The van der Waals surface area contributed by atoms with Crippen LogP contribution in [0.3, 0.4) is 0 Å². The number of rotatable bonds is 4. The van der Waals surface area contributed by atoms with E-state index in [2.05, 4.69) is 121 Å². The van der Waals surface area contributed by atoms with Gasteiger partial charge in [-0.15, -0.1) is 5.56 Å². The zero-order valence-corrected chi connectivity index (χ0v) is 25.4. The summed E-state index contributed by atoms with van der Waals surface area (Å²) in [5, 5.41) is 0. The molecule has 4 heteroatoms. The van der Waals surface area contributed by atoms with Crippen molar-refractivity contribution < 1.29 is 58.9 Å². The molecule has 182 valence electrons. The molecule has 4 aromatic carbocycles. The van der Waals surface area contributed by atoms with Crippen LogP contribution in [-0.2, 0) is 27.1 Å². The predicted molar refractivity (Wildman–Crippen MR) is 134 cm³/mol. The van der Waals surface area contributed by atoms with E-state index < -0.39 is 0 Å². The van der Waals surface area contributed by atoms with Crippen molar-refractivity contribution >= 4 is 0 Å². The van der Waals surface area contributed by atoms with Crippen LogP contribution in [0.1, 0.15) is 61.2 Å². The Morgan fingerprint density at radius 2 is 0.743 bits per heavy atom. The molecule has 0 saturated heterocycles. The summed E-state index contributed by atoms with van der Waals surface area (Å²) in [6, 6.07) is 28.0. The van der Waals surface area contributed by atoms with Crippen molar-refractivity contribution in [2.24, 2.45) is 0 Å². The Kier molecular flexibility index (Phi) is 12.7. The van der Waals surface area contributed by atoms with Crippen molar-refractivity contribution in [2.45, 2.75) is 53.9 Å². The summed E-state index contributed by atoms with van der Waals surface area (Å²) in [7, 11) is 0. The van der Waals surface area contributed by atoms with Crippen molar-refractivity contribution in [3.05, 3.63) is 134 Å². The maximum absolute atomic E-state index is 2.38. The van der Waals surface area contributed by atoms with E-state index in [4.69, 9.17) is 0 Å². The van der Waals surface area contributed by atoms with Gasteiger partial charge in [-0.2, -0.15) is 12.1 Å². The Morgan fingerprint density at radius 1 is 0.457 bits per heavy atom. The average molecular weight is 560 g/mol. The van der Waals surface area contributed by atoms with Gasteiger partial charge in [-0.05, 0) is 58.2 Å². The van der Waals surface area contributed by atoms with E-state index in [1.54, 1.807) is 0 Å². The summed E-state index contributed by atoms with van der Waals surface area (Å²) < 4.78 is 0. The van der Waals surface area contributed by atoms with Crippen molar-refractivity contribution in [1.29, 1.82) is 0 Å². The first-order chi connectivity index (χ1) is 14.7. The van der Waals surface area contributed by atoms with Crippen LogP contribution in [-0.4, -0.2) is 0 Å². The first kappa shape index (κ1) is 33.6. The standard InChI is InChI=1S/C31H33.3ClH.Ti/c1-20-8-9-27(13-20)31(28-14-21(2)10-22(3)15-28,29-16-23(4)11-24(5)17-29)30-18-25(6)12-26(7)19-30;;;;/h8-19H,1-7H3;3*1H;/q-1;;;;+4/p-3. The molecule has 0 fully saturated rings. The maximum Gasteiger partial charge on any atom is 4.00 e. The van der Waals surface area contributed by atoms with E-state index in [0.29, 0.717) is 0 Å². The largest absolute Gasteiger partial charge is 4.00 e. The molecule has 0 aliphatic heterocycles. The fourth-order valence-electron chi connectivity index (χ4n) is 5.37. The Labute approximate surface area is 245 Å². The summed E-state index contributed by atoms with van der Waals surface area (Å²) in [6.45, 7) is 15.4. The monoisotopic (exact) mass is 558 g/mol. The third-order valence-electron chi connectivity index (χ3n) is 6.31. The minimum atomic E-state index is -0.363. The van der Waals surface area contributed by atoms with Crippen LogP contribution in [0, 0.1) is 48.5 Å². The Hall–Kier alpha value is -1.41. The summed E-state index contributed by atoms with van der Waals surface area (Å²) >= 11 is 0. The van der Waals surface area contributed by atoms with E-state index in [1.165, 1.54) is 61.2 Å². The van der Waals surface area contributed by atoms with Gasteiger partial charge in [0.05, 0.1) is 0 Å². The van der Waals surface area contributed by atoms with Crippen molar-refractivity contribution in [1.82, 2.24) is 0 Å². The van der Waals surface area contributed by atoms with Crippen molar-refractivity contribution in [2.75, 3.05) is 0 Å². The number of hydrogen-bond acceptors (Lipinski definition) is 0. The fourth-order valence-corrected chi connectivity index (χ4v) is 5.37. The molecular formula is C31H33Cl3Ti. The van der Waals surface area contributed by atoms with Gasteiger partial charge >= 0.3 is 21.7 Å². The summed E-state index contributed by atoms with van der Waals surface area (Å²) in [6.07, 6.45) is 0. The maximum atomic E-state index is 2.38. The quantitative estimate of drug-likeness (QED) is 0.170. The number of aryl methyl sites for hydroxylation is 7. The number of benzene rings is 3. The van der Waals surface area contributed by atoms with Crippen LogP contribution in [0.5, 0.6) is 0 Å². The van der Waals surface area contributed by atoms with Gasteiger partial charge in [0.2, 0.25) is 0 Å². The van der Waals surface area contributed by atoms with Gasteiger partial charge in [-0.25, -0.2) is 11.6 Å². The average Bonchev–Trinajstić information content (AvgIpc) is 3.06. The molecule has 0 aromatic heterocycles. The molecule has 4 rings (SSSR count). The Morgan fingerprint density at radius 3 is 0.971 bits per heavy atom. The van der Waals surface area contributed by atoms with Crippen LogP contribution in [0.4, 0.5) is 0 Å². The molecular weight excluding hydrogens is 527 g/mol. The van der Waals surface area contributed by atoms with Gasteiger partial charge in [0.25, 0.3) is 0 Å². The van der Waals surface area contributed by atoms with Crippen LogP contribution in [0.2, 0.25) is 0 Å². The molecule has 0 amide bonds. The summed E-state index contributed by atoms with van der Waals surface area (Å²) in [5.41, 5.74) is 14.1. The molecule has 0 bridgehead atoms. The Balaban J connectivity index is 0.00000289. The van der Waals surface area contributed by atoms with E-state index >= 15 is 0 Å². The van der Waals surface area contributed by atoms with Gasteiger partial charge in [-0.1, -0.05) is 94.9 Å². The van der Waals surface area contributed by atoms with Crippen LogP contribution < -0.4 is 37.2 Å². The molecule has 0 radical (unpaired) electrons. The minimum absolute atomic E-state index is 0. The fraction of sp³-hybridized carbons (Fsp3) is 0.258. The molecule has 0 aliphatic rings. The summed E-state index contributed by atoms with van der Waals surface area (Å²) in [4.78, 5) is 0. The first-order valence-electron chi connectivity index (χ1n) is 11.2. The molecule has 0 nitrogen and oxygen atoms in total. The molecule has 0 spiro atoms. The van der Waals surface area contributed by atoms with Crippen molar-refractivity contribution in [3.63, 3.8) is 0 Å². The minimum Gasteiger partial charge on any atom is -1.00 e. The SMILES string of the molecule is Cc1cc(C)cc(C(c2cc(C)cc(C)c2)(c2cc(C)cc(C)c2)[c-]2ccc(C)c2)c1.[Cl-].[Cl-].[Cl-].[Ti+4]. The molecule has 0 unspecified atom stereocenters. The Bertz CT molecular complexity index is 1080. The first-order valence-corrected chi connectivity index (χ1v) is 11.2. The molecule has 0 heterocycles. The molecule has 0 atom stereocenters. The van der Waals surface area contributed by atoms with Crippen LogP contribution in [0.15, 0.2) is 72.8 Å². The molecule has 0 N–H and O–H groups in total. The second-order valence-corrected chi connectivity index (χ2v) is 9.56. The van der Waals surface area contributed by atoms with Gasteiger partial charge in [0, 0.05) is 5.41 Å². The van der Waals surface area contributed by atoms with E-state index in [-0.39, 0.29) is 64.4 Å². The molecule has 4 aromatic rings. The second kappa shape index (κ2) is 13.2. The van der Waals surface area contributed by atoms with Gasteiger partial charge in [-0.3, -0.25) is 0 Å². The van der Waals surface area contributed by atoms with E-state index in [9.17, 15) is 0 Å². The van der Waals surface area contributed by atoms with Crippen molar-refractivity contribution in [3.8, 4) is 0 Å². The normalized spacial score (nSPS) is 10.4. The third-order valence-corrected chi connectivity index (χ3v) is 6.31. The zero-order valence-electron chi connectivity index (χ0n) is 21.6. The van der Waals surface area contributed by atoms with E-state index in [1.807, 2.05) is 0 Å². The number of halogens is 3. The van der Waals surface area contributed by atoms with Gasteiger partial charge < -0.3 is 37.2 Å². The third kappa shape index (κ3) is 6.68. The zero-order chi connectivity index (χ0) is 22.3. The van der Waals surface area contributed by atoms with Crippen LogP contribution >= 0.6 is 0 Å². The second-order valence-electron chi connectivity index (χ2n) is 9.56. The van der Waals surface area contributed by atoms with Gasteiger partial charge in [0.1, 0.15) is 0 Å². The molecule has 0 aliphatic carbocycles. The molecule has 35 heavy (non-hydrogen) atoms. The van der Waals surface area contributed by atoms with E-state index in [0.717, 1.165) is 0 Å². The number of hydrogen-bond donors (Lipinski definition) is 0. The van der Waals surface area contributed by atoms with Crippen LogP contribution in [0.25, 0.3) is 0 Å².